The normalized spacial score (nSPS) is 16.1. The molecular formula is C15H27N3OS. The zero-order valence-electron chi connectivity index (χ0n) is 12.9. The molecule has 1 aliphatic rings. The van der Waals surface area contributed by atoms with Gasteiger partial charge >= 0.3 is 0 Å². The van der Waals surface area contributed by atoms with Gasteiger partial charge in [-0.2, -0.15) is 0 Å². The number of anilines is 1. The fourth-order valence-electron chi connectivity index (χ4n) is 2.32. The Morgan fingerprint density at radius 2 is 2.10 bits per heavy atom. The van der Waals surface area contributed by atoms with Crippen molar-refractivity contribution >= 4 is 16.5 Å². The Hall–Kier alpha value is -0.650. The van der Waals surface area contributed by atoms with E-state index in [-0.39, 0.29) is 0 Å². The van der Waals surface area contributed by atoms with Crippen molar-refractivity contribution in [2.24, 2.45) is 5.92 Å². The van der Waals surface area contributed by atoms with Crippen LogP contribution in [0.4, 0.5) is 5.13 Å². The number of rotatable bonds is 7. The molecule has 0 aromatic carbocycles. The van der Waals surface area contributed by atoms with E-state index >= 15 is 0 Å². The standard InChI is InChI=1S/C15H27N3OS/c1-4-5-16-11-14-13(10-12(2)3)17-15(20-14)18-6-8-19-9-7-18/h12,16H,4-11H2,1-3H3. The van der Waals surface area contributed by atoms with Crippen LogP contribution < -0.4 is 10.2 Å². The molecule has 0 unspecified atom stereocenters. The monoisotopic (exact) mass is 297 g/mol. The van der Waals surface area contributed by atoms with Gasteiger partial charge in [0.2, 0.25) is 0 Å². The second kappa shape index (κ2) is 7.96. The molecule has 1 aliphatic heterocycles. The lowest BCUT2D eigenvalue weighted by molar-refractivity contribution is 0.122. The highest BCUT2D eigenvalue weighted by molar-refractivity contribution is 7.15. The van der Waals surface area contributed by atoms with Gasteiger partial charge in [0.1, 0.15) is 0 Å². The van der Waals surface area contributed by atoms with E-state index < -0.39 is 0 Å². The number of aromatic nitrogens is 1. The smallest absolute Gasteiger partial charge is 0.185 e. The molecule has 20 heavy (non-hydrogen) atoms. The molecule has 114 valence electrons. The van der Waals surface area contributed by atoms with Gasteiger partial charge < -0.3 is 15.0 Å². The summed E-state index contributed by atoms with van der Waals surface area (Å²) in [5.74, 6) is 0.652. The number of hydrogen-bond acceptors (Lipinski definition) is 5. The lowest BCUT2D eigenvalue weighted by Crippen LogP contribution is -2.36. The average Bonchev–Trinajstić information content (AvgIpc) is 2.83. The Labute approximate surface area is 126 Å². The summed E-state index contributed by atoms with van der Waals surface area (Å²) in [6.07, 6.45) is 2.25. The van der Waals surface area contributed by atoms with Crippen molar-refractivity contribution in [2.75, 3.05) is 37.7 Å². The van der Waals surface area contributed by atoms with Crippen molar-refractivity contribution in [3.63, 3.8) is 0 Å². The predicted molar refractivity (Wildman–Crippen MR) is 85.7 cm³/mol. The molecule has 2 rings (SSSR count). The van der Waals surface area contributed by atoms with Gasteiger partial charge in [-0.15, -0.1) is 11.3 Å². The first-order valence-electron chi connectivity index (χ1n) is 7.72. The lowest BCUT2D eigenvalue weighted by atomic mass is 10.1. The highest BCUT2D eigenvalue weighted by Crippen LogP contribution is 2.28. The molecule has 0 bridgehead atoms. The number of morpholine rings is 1. The Balaban J connectivity index is 2.08. The summed E-state index contributed by atoms with van der Waals surface area (Å²) in [5.41, 5.74) is 1.29. The van der Waals surface area contributed by atoms with Crippen molar-refractivity contribution in [3.8, 4) is 0 Å². The molecule has 2 heterocycles. The Kier molecular flexibility index (Phi) is 6.26. The fraction of sp³-hybridized carbons (Fsp3) is 0.800. The van der Waals surface area contributed by atoms with Crippen molar-refractivity contribution in [1.29, 1.82) is 0 Å². The first-order chi connectivity index (χ1) is 9.70. The summed E-state index contributed by atoms with van der Waals surface area (Å²) in [7, 11) is 0. The first kappa shape index (κ1) is 15.7. The van der Waals surface area contributed by atoms with Crippen molar-refractivity contribution < 1.29 is 4.74 Å². The van der Waals surface area contributed by atoms with E-state index in [0.29, 0.717) is 5.92 Å². The molecule has 1 aromatic rings. The lowest BCUT2D eigenvalue weighted by Gasteiger charge is -2.26. The number of hydrogen-bond donors (Lipinski definition) is 1. The minimum Gasteiger partial charge on any atom is -0.378 e. The average molecular weight is 297 g/mol. The van der Waals surface area contributed by atoms with Crippen LogP contribution >= 0.6 is 11.3 Å². The van der Waals surface area contributed by atoms with Crippen LogP contribution in [0.15, 0.2) is 0 Å². The zero-order valence-corrected chi connectivity index (χ0v) is 13.8. The molecule has 0 amide bonds. The highest BCUT2D eigenvalue weighted by Gasteiger charge is 2.18. The zero-order chi connectivity index (χ0) is 14.4. The van der Waals surface area contributed by atoms with Gasteiger partial charge in [-0.05, 0) is 25.3 Å². The highest BCUT2D eigenvalue weighted by atomic mass is 32.1. The molecule has 1 N–H and O–H groups in total. The summed E-state index contributed by atoms with van der Waals surface area (Å²) in [6, 6.07) is 0. The largest absolute Gasteiger partial charge is 0.378 e. The van der Waals surface area contributed by atoms with Gasteiger partial charge in [0, 0.05) is 24.5 Å². The van der Waals surface area contributed by atoms with Crippen LogP contribution in [0, 0.1) is 5.92 Å². The third-order valence-corrected chi connectivity index (χ3v) is 4.52. The van der Waals surface area contributed by atoms with E-state index in [0.717, 1.165) is 45.8 Å². The van der Waals surface area contributed by atoms with Crippen LogP contribution in [-0.2, 0) is 17.7 Å². The third kappa shape index (κ3) is 4.43. The van der Waals surface area contributed by atoms with Gasteiger partial charge in [-0.25, -0.2) is 4.98 Å². The summed E-state index contributed by atoms with van der Waals surface area (Å²) in [6.45, 7) is 12.3. The van der Waals surface area contributed by atoms with Crippen molar-refractivity contribution in [1.82, 2.24) is 10.3 Å². The fourth-order valence-corrected chi connectivity index (χ4v) is 3.43. The Bertz CT molecular complexity index is 400. The van der Waals surface area contributed by atoms with Crippen LogP contribution in [0.25, 0.3) is 0 Å². The molecular weight excluding hydrogens is 270 g/mol. The topological polar surface area (TPSA) is 37.4 Å². The molecule has 1 saturated heterocycles. The van der Waals surface area contributed by atoms with Crippen LogP contribution in [-0.4, -0.2) is 37.8 Å². The summed E-state index contributed by atoms with van der Waals surface area (Å²) < 4.78 is 5.43. The van der Waals surface area contributed by atoms with Crippen LogP contribution in [0.5, 0.6) is 0 Å². The van der Waals surface area contributed by atoms with E-state index in [2.05, 4.69) is 31.0 Å². The van der Waals surface area contributed by atoms with Gasteiger partial charge in [0.15, 0.2) is 5.13 Å². The molecule has 0 saturated carbocycles. The molecule has 5 heteroatoms. The Morgan fingerprint density at radius 3 is 2.75 bits per heavy atom. The third-order valence-electron chi connectivity index (χ3n) is 3.36. The second-order valence-electron chi connectivity index (χ2n) is 5.74. The van der Waals surface area contributed by atoms with E-state index in [1.807, 2.05) is 11.3 Å². The van der Waals surface area contributed by atoms with E-state index in [1.54, 1.807) is 0 Å². The van der Waals surface area contributed by atoms with Gasteiger partial charge in [0.05, 0.1) is 18.9 Å². The minimum atomic E-state index is 0.652. The van der Waals surface area contributed by atoms with Gasteiger partial charge in [-0.3, -0.25) is 0 Å². The molecule has 0 radical (unpaired) electrons. The number of ether oxygens (including phenoxy) is 1. The molecule has 0 atom stereocenters. The number of thiazole rings is 1. The van der Waals surface area contributed by atoms with Crippen LogP contribution in [0.3, 0.4) is 0 Å². The van der Waals surface area contributed by atoms with Crippen LogP contribution in [0.1, 0.15) is 37.8 Å². The minimum absolute atomic E-state index is 0.652. The SMILES string of the molecule is CCCNCc1sc(N2CCOCC2)nc1CC(C)C. The number of nitrogens with zero attached hydrogens (tertiary/aromatic N) is 2. The summed E-state index contributed by atoms with van der Waals surface area (Å²) in [5, 5.41) is 4.69. The van der Waals surface area contributed by atoms with Crippen molar-refractivity contribution in [3.05, 3.63) is 10.6 Å². The quantitative estimate of drug-likeness (QED) is 0.785. The van der Waals surface area contributed by atoms with Crippen molar-refractivity contribution in [2.45, 2.75) is 40.2 Å². The Morgan fingerprint density at radius 1 is 1.35 bits per heavy atom. The molecule has 0 aliphatic carbocycles. The number of nitrogens with one attached hydrogen (secondary N) is 1. The second-order valence-corrected chi connectivity index (χ2v) is 6.80. The van der Waals surface area contributed by atoms with Gasteiger partial charge in [-0.1, -0.05) is 20.8 Å². The van der Waals surface area contributed by atoms with E-state index in [1.165, 1.54) is 22.1 Å². The maximum Gasteiger partial charge on any atom is 0.185 e. The molecule has 4 nitrogen and oxygen atoms in total. The molecule has 1 aromatic heterocycles. The van der Waals surface area contributed by atoms with E-state index in [4.69, 9.17) is 9.72 Å². The molecule has 1 fully saturated rings. The molecule has 0 spiro atoms. The maximum atomic E-state index is 5.43. The van der Waals surface area contributed by atoms with Gasteiger partial charge in [0.25, 0.3) is 0 Å². The first-order valence-corrected chi connectivity index (χ1v) is 8.54. The maximum absolute atomic E-state index is 5.43. The summed E-state index contributed by atoms with van der Waals surface area (Å²) in [4.78, 5) is 8.67. The predicted octanol–water partition coefficient (Wildman–Crippen LogP) is 2.68. The summed E-state index contributed by atoms with van der Waals surface area (Å²) >= 11 is 1.86. The van der Waals surface area contributed by atoms with E-state index in [9.17, 15) is 0 Å². The van der Waals surface area contributed by atoms with Crippen LogP contribution in [0.2, 0.25) is 0 Å².